The summed E-state index contributed by atoms with van der Waals surface area (Å²) in [5.74, 6) is -1.95. The predicted octanol–water partition coefficient (Wildman–Crippen LogP) is 2.69. The van der Waals surface area contributed by atoms with Gasteiger partial charge in [-0.1, -0.05) is 13.0 Å². The summed E-state index contributed by atoms with van der Waals surface area (Å²) >= 11 is 0. The van der Waals surface area contributed by atoms with E-state index in [0.717, 1.165) is 6.33 Å². The molecule has 2 aromatic rings. The van der Waals surface area contributed by atoms with Crippen LogP contribution in [0, 0.1) is 11.6 Å². The number of nitrogens with two attached hydrogens (primary N) is 1. The zero-order valence-electron chi connectivity index (χ0n) is 9.65. The van der Waals surface area contributed by atoms with Gasteiger partial charge in [-0.2, -0.15) is 9.37 Å². The van der Waals surface area contributed by atoms with E-state index in [1.807, 2.05) is 0 Å². The zero-order valence-corrected chi connectivity index (χ0v) is 9.65. The summed E-state index contributed by atoms with van der Waals surface area (Å²) < 4.78 is 32.4. The van der Waals surface area contributed by atoms with Crippen LogP contribution in [0.15, 0.2) is 24.5 Å². The van der Waals surface area contributed by atoms with Gasteiger partial charge in [0.05, 0.1) is 11.4 Å². The van der Waals surface area contributed by atoms with Crippen molar-refractivity contribution in [2.75, 3.05) is 5.73 Å². The third-order valence-corrected chi connectivity index (χ3v) is 2.36. The number of halogens is 2. The molecule has 0 fully saturated rings. The fourth-order valence-electron chi connectivity index (χ4n) is 1.44. The van der Waals surface area contributed by atoms with Crippen LogP contribution in [0.2, 0.25) is 0 Å². The van der Waals surface area contributed by atoms with Gasteiger partial charge in [-0.3, -0.25) is 0 Å². The zero-order chi connectivity index (χ0) is 13.1. The first kappa shape index (κ1) is 12.2. The molecule has 0 spiro atoms. The lowest BCUT2D eigenvalue weighted by atomic mass is 10.3. The van der Waals surface area contributed by atoms with Crippen LogP contribution < -0.4 is 10.5 Å². The van der Waals surface area contributed by atoms with Crippen molar-refractivity contribution in [2.24, 2.45) is 0 Å². The lowest BCUT2D eigenvalue weighted by Gasteiger charge is -2.09. The molecule has 1 aromatic heterocycles. The Bertz CT molecular complexity index is 555. The van der Waals surface area contributed by atoms with E-state index in [1.54, 1.807) is 6.92 Å². The molecule has 0 unspecified atom stereocenters. The SMILES string of the molecule is CCc1ncnc(Oc2c(N)cccc2F)c1F. The van der Waals surface area contributed by atoms with E-state index in [0.29, 0.717) is 6.42 Å². The van der Waals surface area contributed by atoms with E-state index in [1.165, 1.54) is 18.2 Å². The van der Waals surface area contributed by atoms with Crippen LogP contribution in [-0.2, 0) is 6.42 Å². The summed E-state index contributed by atoms with van der Waals surface area (Å²) in [7, 11) is 0. The first-order valence-electron chi connectivity index (χ1n) is 5.34. The van der Waals surface area contributed by atoms with Gasteiger partial charge in [0.1, 0.15) is 6.33 Å². The van der Waals surface area contributed by atoms with Crippen molar-refractivity contribution in [2.45, 2.75) is 13.3 Å². The van der Waals surface area contributed by atoms with Crippen molar-refractivity contribution >= 4 is 5.69 Å². The summed E-state index contributed by atoms with van der Waals surface area (Å²) in [4.78, 5) is 7.39. The molecular formula is C12H11F2N3O. The maximum absolute atomic E-state index is 13.8. The van der Waals surface area contributed by atoms with Gasteiger partial charge in [0, 0.05) is 0 Å². The molecule has 1 heterocycles. The Hall–Kier alpha value is -2.24. The van der Waals surface area contributed by atoms with Crippen LogP contribution in [0.4, 0.5) is 14.5 Å². The third-order valence-electron chi connectivity index (χ3n) is 2.36. The number of hydrogen-bond donors (Lipinski definition) is 1. The van der Waals surface area contributed by atoms with Gasteiger partial charge < -0.3 is 10.5 Å². The Morgan fingerprint density at radius 3 is 2.72 bits per heavy atom. The molecule has 94 valence electrons. The highest BCUT2D eigenvalue weighted by Gasteiger charge is 2.15. The maximum atomic E-state index is 13.8. The van der Waals surface area contributed by atoms with Crippen LogP contribution >= 0.6 is 0 Å². The van der Waals surface area contributed by atoms with Crippen LogP contribution in [0.3, 0.4) is 0 Å². The standard InChI is InChI=1S/C12H11F2N3O/c1-2-9-10(14)12(17-6-16-9)18-11-7(13)4-3-5-8(11)15/h3-6H,2,15H2,1H3. The van der Waals surface area contributed by atoms with Gasteiger partial charge in [-0.15, -0.1) is 0 Å². The highest BCUT2D eigenvalue weighted by Crippen LogP contribution is 2.30. The first-order chi connectivity index (χ1) is 8.63. The Labute approximate surface area is 102 Å². The molecule has 2 N–H and O–H groups in total. The molecule has 18 heavy (non-hydrogen) atoms. The van der Waals surface area contributed by atoms with E-state index in [-0.39, 0.29) is 23.0 Å². The minimum absolute atomic E-state index is 0.0751. The molecule has 0 aliphatic heterocycles. The molecule has 0 aliphatic rings. The van der Waals surface area contributed by atoms with Crippen LogP contribution in [-0.4, -0.2) is 9.97 Å². The first-order valence-corrected chi connectivity index (χ1v) is 5.34. The van der Waals surface area contributed by atoms with Crippen molar-refractivity contribution in [1.82, 2.24) is 9.97 Å². The van der Waals surface area contributed by atoms with Gasteiger partial charge in [-0.25, -0.2) is 9.37 Å². The number of hydrogen-bond acceptors (Lipinski definition) is 4. The van der Waals surface area contributed by atoms with Crippen LogP contribution in [0.25, 0.3) is 0 Å². The summed E-state index contributed by atoms with van der Waals surface area (Å²) in [6.45, 7) is 1.74. The molecule has 1 aromatic carbocycles. The predicted molar refractivity (Wildman–Crippen MR) is 62.3 cm³/mol. The molecule has 0 bridgehead atoms. The summed E-state index contributed by atoms with van der Waals surface area (Å²) in [6.07, 6.45) is 1.55. The molecule has 4 nitrogen and oxygen atoms in total. The molecule has 0 saturated heterocycles. The number of benzene rings is 1. The molecule has 6 heteroatoms. The maximum Gasteiger partial charge on any atom is 0.259 e. The van der Waals surface area contributed by atoms with Gasteiger partial charge in [0.2, 0.25) is 5.82 Å². The Balaban J connectivity index is 2.40. The van der Waals surface area contributed by atoms with Gasteiger partial charge >= 0.3 is 0 Å². The third kappa shape index (κ3) is 2.22. The molecule has 2 rings (SSSR count). The minimum atomic E-state index is -0.706. The lowest BCUT2D eigenvalue weighted by Crippen LogP contribution is -2.02. The molecular weight excluding hydrogens is 240 g/mol. The van der Waals surface area contributed by atoms with Crippen molar-refractivity contribution in [1.29, 1.82) is 0 Å². The van der Waals surface area contributed by atoms with Crippen molar-refractivity contribution in [3.8, 4) is 11.6 Å². The van der Waals surface area contributed by atoms with Crippen LogP contribution in [0.1, 0.15) is 12.6 Å². The average molecular weight is 251 g/mol. The van der Waals surface area contributed by atoms with Crippen molar-refractivity contribution < 1.29 is 13.5 Å². The quantitative estimate of drug-likeness (QED) is 0.852. The molecule has 0 amide bonds. The summed E-state index contributed by atoms with van der Waals surface area (Å²) in [5, 5.41) is 0. The Morgan fingerprint density at radius 2 is 2.06 bits per heavy atom. The number of aryl methyl sites for hydroxylation is 1. The Kier molecular flexibility index (Phi) is 3.36. The Morgan fingerprint density at radius 1 is 1.28 bits per heavy atom. The lowest BCUT2D eigenvalue weighted by molar-refractivity contribution is 0.394. The van der Waals surface area contributed by atoms with E-state index >= 15 is 0 Å². The largest absolute Gasteiger partial charge is 0.431 e. The number of nitrogen functional groups attached to an aromatic ring is 1. The highest BCUT2D eigenvalue weighted by atomic mass is 19.1. The second-order valence-corrected chi connectivity index (χ2v) is 3.55. The number of nitrogens with zero attached hydrogens (tertiary/aromatic N) is 2. The highest BCUT2D eigenvalue weighted by molar-refractivity contribution is 5.54. The van der Waals surface area contributed by atoms with Crippen LogP contribution in [0.5, 0.6) is 11.6 Å². The number of anilines is 1. The number of ether oxygens (including phenoxy) is 1. The van der Waals surface area contributed by atoms with Gasteiger partial charge in [0.15, 0.2) is 11.6 Å². The smallest absolute Gasteiger partial charge is 0.259 e. The second-order valence-electron chi connectivity index (χ2n) is 3.55. The molecule has 0 atom stereocenters. The van der Waals surface area contributed by atoms with E-state index in [2.05, 4.69) is 9.97 Å². The van der Waals surface area contributed by atoms with Crippen molar-refractivity contribution in [3.05, 3.63) is 41.9 Å². The number of para-hydroxylation sites is 1. The molecule has 0 radical (unpaired) electrons. The second kappa shape index (κ2) is 4.95. The van der Waals surface area contributed by atoms with E-state index in [4.69, 9.17) is 10.5 Å². The number of aromatic nitrogens is 2. The topological polar surface area (TPSA) is 61.0 Å². The summed E-state index contributed by atoms with van der Waals surface area (Å²) in [6, 6.07) is 4.06. The normalized spacial score (nSPS) is 10.4. The molecule has 0 saturated carbocycles. The average Bonchev–Trinajstić information content (AvgIpc) is 2.36. The van der Waals surface area contributed by atoms with Gasteiger partial charge in [-0.05, 0) is 18.6 Å². The van der Waals surface area contributed by atoms with Crippen molar-refractivity contribution in [3.63, 3.8) is 0 Å². The van der Waals surface area contributed by atoms with E-state index in [9.17, 15) is 8.78 Å². The number of rotatable bonds is 3. The minimum Gasteiger partial charge on any atom is -0.431 e. The fraction of sp³-hybridized carbons (Fsp3) is 0.167. The van der Waals surface area contributed by atoms with E-state index < -0.39 is 11.6 Å². The van der Waals surface area contributed by atoms with Gasteiger partial charge in [0.25, 0.3) is 5.88 Å². The monoisotopic (exact) mass is 251 g/mol. The molecule has 0 aliphatic carbocycles. The fourth-order valence-corrected chi connectivity index (χ4v) is 1.44. The summed E-state index contributed by atoms with van der Waals surface area (Å²) in [5.41, 5.74) is 5.84.